The Balaban J connectivity index is 1.85. The maximum absolute atomic E-state index is 11.9. The Kier molecular flexibility index (Phi) is 4.32. The normalized spacial score (nSPS) is 18.9. The van der Waals surface area contributed by atoms with Gasteiger partial charge in [0.25, 0.3) is 5.56 Å². The fourth-order valence-corrected chi connectivity index (χ4v) is 3.80. The topological polar surface area (TPSA) is 62.5 Å². The zero-order valence-electron chi connectivity index (χ0n) is 12.5. The molecule has 0 aliphatic carbocycles. The molecule has 1 atom stereocenters. The van der Waals surface area contributed by atoms with E-state index in [1.807, 2.05) is 6.92 Å². The number of hydrogen-bond donors (Lipinski definition) is 1. The molecule has 0 spiro atoms. The second kappa shape index (κ2) is 6.21. The van der Waals surface area contributed by atoms with Gasteiger partial charge < -0.3 is 5.32 Å². The molecule has 0 radical (unpaired) electrons. The van der Waals surface area contributed by atoms with Crippen LogP contribution in [0.2, 0.25) is 0 Å². The molecule has 0 bridgehead atoms. The van der Waals surface area contributed by atoms with Gasteiger partial charge in [-0.05, 0) is 32.9 Å². The van der Waals surface area contributed by atoms with E-state index in [0.717, 1.165) is 43.3 Å². The van der Waals surface area contributed by atoms with Crippen molar-refractivity contribution in [2.24, 2.45) is 0 Å². The fourth-order valence-electron chi connectivity index (χ4n) is 2.83. The first kappa shape index (κ1) is 14.6. The van der Waals surface area contributed by atoms with Gasteiger partial charge in [-0.25, -0.2) is 4.98 Å². The van der Waals surface area contributed by atoms with Gasteiger partial charge in [-0.2, -0.15) is 9.61 Å². The summed E-state index contributed by atoms with van der Waals surface area (Å²) in [7, 11) is 0. The molecule has 1 aliphatic heterocycles. The third-order valence-corrected chi connectivity index (χ3v) is 4.71. The summed E-state index contributed by atoms with van der Waals surface area (Å²) in [6, 6.07) is 2.10. The van der Waals surface area contributed by atoms with Crippen LogP contribution in [0, 0.1) is 6.92 Å². The van der Waals surface area contributed by atoms with Crippen LogP contribution in [0.4, 0.5) is 0 Å². The average Bonchev–Trinajstić information content (AvgIpc) is 3.06. The van der Waals surface area contributed by atoms with Crippen molar-refractivity contribution in [1.82, 2.24) is 24.8 Å². The SMILES string of the molecule is CCCN(Cc1nn2c(=O)cc(C)nc2s1)C1CCNC1. The van der Waals surface area contributed by atoms with Crippen molar-refractivity contribution < 1.29 is 0 Å². The number of fused-ring (bicyclic) bond motifs is 1. The predicted molar refractivity (Wildman–Crippen MR) is 83.8 cm³/mol. The van der Waals surface area contributed by atoms with E-state index < -0.39 is 0 Å². The quantitative estimate of drug-likeness (QED) is 0.894. The number of nitrogens with zero attached hydrogens (tertiary/aromatic N) is 4. The van der Waals surface area contributed by atoms with E-state index in [9.17, 15) is 4.79 Å². The van der Waals surface area contributed by atoms with Crippen LogP contribution in [-0.2, 0) is 6.54 Å². The van der Waals surface area contributed by atoms with Crippen LogP contribution in [0.25, 0.3) is 4.96 Å². The molecule has 2 aromatic rings. The van der Waals surface area contributed by atoms with Gasteiger partial charge >= 0.3 is 0 Å². The zero-order valence-corrected chi connectivity index (χ0v) is 13.3. The second-order valence-electron chi connectivity index (χ2n) is 5.54. The van der Waals surface area contributed by atoms with Crippen LogP contribution in [-0.4, -0.2) is 45.2 Å². The molecule has 0 saturated carbocycles. The van der Waals surface area contributed by atoms with E-state index in [4.69, 9.17) is 0 Å². The second-order valence-corrected chi connectivity index (χ2v) is 6.58. The summed E-state index contributed by atoms with van der Waals surface area (Å²) >= 11 is 1.52. The van der Waals surface area contributed by atoms with E-state index in [-0.39, 0.29) is 5.56 Å². The molecule has 0 amide bonds. The van der Waals surface area contributed by atoms with Crippen molar-refractivity contribution in [3.63, 3.8) is 0 Å². The molecular formula is C14H21N5OS. The highest BCUT2D eigenvalue weighted by Gasteiger charge is 2.23. The Morgan fingerprint density at radius 2 is 2.43 bits per heavy atom. The molecule has 1 aliphatic rings. The Bertz CT molecular complexity index is 674. The first-order valence-electron chi connectivity index (χ1n) is 7.48. The minimum Gasteiger partial charge on any atom is -0.315 e. The van der Waals surface area contributed by atoms with Gasteiger partial charge in [0.15, 0.2) is 0 Å². The molecule has 6 nitrogen and oxygen atoms in total. The Labute approximate surface area is 127 Å². The lowest BCUT2D eigenvalue weighted by Gasteiger charge is -2.26. The molecule has 3 rings (SSSR count). The molecule has 114 valence electrons. The lowest BCUT2D eigenvalue weighted by Crippen LogP contribution is -2.36. The standard InChI is InChI=1S/C14H21N5OS/c1-3-6-18(11-4-5-15-8-11)9-12-17-19-13(20)7-10(2)16-14(19)21-12/h7,11,15H,3-6,8-9H2,1-2H3. The van der Waals surface area contributed by atoms with Crippen molar-refractivity contribution in [3.05, 3.63) is 27.1 Å². The number of nitrogens with one attached hydrogen (secondary N) is 1. The van der Waals surface area contributed by atoms with Gasteiger partial charge in [-0.1, -0.05) is 18.3 Å². The summed E-state index contributed by atoms with van der Waals surface area (Å²) in [5.74, 6) is 0. The smallest absolute Gasteiger partial charge is 0.275 e. The zero-order chi connectivity index (χ0) is 14.8. The van der Waals surface area contributed by atoms with Gasteiger partial charge in [0.1, 0.15) is 5.01 Å². The maximum atomic E-state index is 11.9. The lowest BCUT2D eigenvalue weighted by molar-refractivity contribution is 0.199. The highest BCUT2D eigenvalue weighted by Crippen LogP contribution is 2.17. The molecule has 21 heavy (non-hydrogen) atoms. The number of aromatic nitrogens is 3. The van der Waals surface area contributed by atoms with Crippen LogP contribution in [0.1, 0.15) is 30.5 Å². The molecule has 1 N–H and O–H groups in total. The summed E-state index contributed by atoms with van der Waals surface area (Å²) in [4.78, 5) is 19.5. The van der Waals surface area contributed by atoms with E-state index in [0.29, 0.717) is 11.0 Å². The Morgan fingerprint density at radius 3 is 3.14 bits per heavy atom. The Hall–Kier alpha value is -1.31. The van der Waals surface area contributed by atoms with Crippen molar-refractivity contribution in [3.8, 4) is 0 Å². The molecule has 0 aromatic carbocycles. The molecule has 1 saturated heterocycles. The highest BCUT2D eigenvalue weighted by atomic mass is 32.1. The number of hydrogen-bond acceptors (Lipinski definition) is 6. The van der Waals surface area contributed by atoms with Gasteiger partial charge in [-0.15, -0.1) is 0 Å². The predicted octanol–water partition coefficient (Wildman–Crippen LogP) is 1.03. The minimum absolute atomic E-state index is 0.0930. The monoisotopic (exact) mass is 307 g/mol. The van der Waals surface area contributed by atoms with Crippen molar-refractivity contribution in [2.45, 2.75) is 39.3 Å². The van der Waals surface area contributed by atoms with E-state index in [1.54, 1.807) is 0 Å². The summed E-state index contributed by atoms with van der Waals surface area (Å²) < 4.78 is 1.42. The summed E-state index contributed by atoms with van der Waals surface area (Å²) in [6.07, 6.45) is 2.31. The summed E-state index contributed by atoms with van der Waals surface area (Å²) in [6.45, 7) is 8.03. The molecule has 2 aromatic heterocycles. The third-order valence-electron chi connectivity index (χ3n) is 3.81. The van der Waals surface area contributed by atoms with Gasteiger partial charge in [0.05, 0.1) is 6.54 Å². The van der Waals surface area contributed by atoms with Crippen LogP contribution in [0.3, 0.4) is 0 Å². The van der Waals surface area contributed by atoms with Gasteiger partial charge in [0.2, 0.25) is 4.96 Å². The van der Waals surface area contributed by atoms with Crippen LogP contribution >= 0.6 is 11.3 Å². The third kappa shape index (κ3) is 3.14. The first-order valence-corrected chi connectivity index (χ1v) is 8.30. The number of rotatable bonds is 5. The lowest BCUT2D eigenvalue weighted by atomic mass is 10.2. The van der Waals surface area contributed by atoms with E-state index in [2.05, 4.69) is 27.2 Å². The van der Waals surface area contributed by atoms with E-state index in [1.165, 1.54) is 28.3 Å². The van der Waals surface area contributed by atoms with Crippen LogP contribution in [0.15, 0.2) is 10.9 Å². The van der Waals surface area contributed by atoms with Crippen molar-refractivity contribution >= 4 is 16.3 Å². The Morgan fingerprint density at radius 1 is 1.57 bits per heavy atom. The molecule has 1 fully saturated rings. The van der Waals surface area contributed by atoms with Gasteiger partial charge in [0, 0.05) is 24.3 Å². The molecular weight excluding hydrogens is 286 g/mol. The molecule has 7 heteroatoms. The molecule has 1 unspecified atom stereocenters. The maximum Gasteiger partial charge on any atom is 0.275 e. The summed E-state index contributed by atoms with van der Waals surface area (Å²) in [5.41, 5.74) is 0.658. The van der Waals surface area contributed by atoms with Crippen molar-refractivity contribution in [1.29, 1.82) is 0 Å². The van der Waals surface area contributed by atoms with Crippen LogP contribution in [0.5, 0.6) is 0 Å². The van der Waals surface area contributed by atoms with Crippen molar-refractivity contribution in [2.75, 3.05) is 19.6 Å². The average molecular weight is 307 g/mol. The first-order chi connectivity index (χ1) is 10.2. The highest BCUT2D eigenvalue weighted by molar-refractivity contribution is 7.16. The fraction of sp³-hybridized carbons (Fsp3) is 0.643. The minimum atomic E-state index is -0.0930. The van der Waals surface area contributed by atoms with Gasteiger partial charge in [-0.3, -0.25) is 9.69 Å². The number of aryl methyl sites for hydroxylation is 1. The van der Waals surface area contributed by atoms with Crippen LogP contribution < -0.4 is 10.9 Å². The molecule has 3 heterocycles. The van der Waals surface area contributed by atoms with E-state index >= 15 is 0 Å². The summed E-state index contributed by atoms with van der Waals surface area (Å²) in [5, 5.41) is 8.82. The largest absolute Gasteiger partial charge is 0.315 e.